The highest BCUT2D eigenvalue weighted by Crippen LogP contribution is 2.09. The summed E-state index contributed by atoms with van der Waals surface area (Å²) in [5, 5.41) is 0. The number of rotatable bonds is 4. The van der Waals surface area contributed by atoms with Crippen molar-refractivity contribution in [2.24, 2.45) is 0 Å². The van der Waals surface area contributed by atoms with Crippen molar-refractivity contribution in [2.75, 3.05) is 0 Å². The summed E-state index contributed by atoms with van der Waals surface area (Å²) in [7, 11) is 0. The Morgan fingerprint density at radius 1 is 1.29 bits per heavy atom. The van der Waals surface area contributed by atoms with E-state index in [1.54, 1.807) is 24.3 Å². The molecule has 0 spiro atoms. The molecule has 2 heteroatoms. The molecule has 0 saturated heterocycles. The van der Waals surface area contributed by atoms with E-state index in [0.717, 1.165) is 11.1 Å². The van der Waals surface area contributed by atoms with Gasteiger partial charge in [0.25, 0.3) is 0 Å². The van der Waals surface area contributed by atoms with E-state index in [9.17, 15) is 4.79 Å². The van der Waals surface area contributed by atoms with Gasteiger partial charge in [0.2, 0.25) is 0 Å². The van der Waals surface area contributed by atoms with Crippen LogP contribution in [0.5, 0.6) is 0 Å². The van der Waals surface area contributed by atoms with Crippen molar-refractivity contribution in [3.05, 3.63) is 72.0 Å². The van der Waals surface area contributed by atoms with E-state index in [1.807, 2.05) is 26.0 Å². The van der Waals surface area contributed by atoms with Gasteiger partial charge in [0.05, 0.1) is 5.56 Å². The number of carbonyl (C=O) groups is 1. The molecule has 0 N–H and O–H groups in total. The Balaban J connectivity index is 2.70. The Kier molecular flexibility index (Phi) is 4.46. The first-order chi connectivity index (χ1) is 8.02. The quantitative estimate of drug-likeness (QED) is 0.445. The molecule has 0 heterocycles. The van der Waals surface area contributed by atoms with Gasteiger partial charge in [-0.15, -0.1) is 0 Å². The number of hydrogen-bond acceptors (Lipinski definition) is 2. The third kappa shape index (κ3) is 4.11. The predicted octanol–water partition coefficient (Wildman–Crippen LogP) is 3.80. The van der Waals surface area contributed by atoms with E-state index >= 15 is 0 Å². The molecule has 1 rings (SSSR count). The van der Waals surface area contributed by atoms with Crippen molar-refractivity contribution in [1.82, 2.24) is 0 Å². The number of esters is 1. The van der Waals surface area contributed by atoms with Crippen LogP contribution < -0.4 is 0 Å². The predicted molar refractivity (Wildman–Crippen MR) is 69.7 cm³/mol. The van der Waals surface area contributed by atoms with E-state index in [-0.39, 0.29) is 0 Å². The van der Waals surface area contributed by atoms with Gasteiger partial charge in [0, 0.05) is 0 Å². The third-order valence-corrected chi connectivity index (χ3v) is 2.22. The Morgan fingerprint density at radius 3 is 2.41 bits per heavy atom. The van der Waals surface area contributed by atoms with Crippen LogP contribution in [0.25, 0.3) is 0 Å². The van der Waals surface area contributed by atoms with Crippen LogP contribution in [0, 0.1) is 6.92 Å². The van der Waals surface area contributed by atoms with Gasteiger partial charge in [-0.05, 0) is 37.6 Å². The fourth-order valence-corrected chi connectivity index (χ4v) is 1.21. The average molecular weight is 228 g/mol. The highest BCUT2D eigenvalue weighted by molar-refractivity contribution is 5.90. The van der Waals surface area contributed by atoms with Gasteiger partial charge in [-0.1, -0.05) is 36.9 Å². The number of aryl methyl sites for hydroxylation is 1. The molecule has 0 aromatic heterocycles. The van der Waals surface area contributed by atoms with Crippen LogP contribution in [-0.2, 0) is 4.74 Å². The summed E-state index contributed by atoms with van der Waals surface area (Å²) in [4.78, 5) is 11.7. The van der Waals surface area contributed by atoms with Crippen molar-refractivity contribution < 1.29 is 9.53 Å². The summed E-state index contributed by atoms with van der Waals surface area (Å²) in [6.07, 6.45) is 3.34. The largest absolute Gasteiger partial charge is 0.424 e. The number of hydrogen-bond donors (Lipinski definition) is 0. The third-order valence-electron chi connectivity index (χ3n) is 2.22. The molecule has 0 aliphatic carbocycles. The van der Waals surface area contributed by atoms with E-state index in [4.69, 9.17) is 4.74 Å². The van der Waals surface area contributed by atoms with Crippen molar-refractivity contribution in [2.45, 2.75) is 13.8 Å². The summed E-state index contributed by atoms with van der Waals surface area (Å²) >= 11 is 0. The standard InChI is InChI=1S/C15H16O2/c1-5-11(2)10-13(4)17-15(16)14-8-6-12(3)7-9-14/h5-10H,1,4H2,2-3H3/b11-10-. The number of benzene rings is 1. The topological polar surface area (TPSA) is 26.3 Å². The maximum atomic E-state index is 11.7. The molecule has 17 heavy (non-hydrogen) atoms. The Labute approximate surface area is 102 Å². The highest BCUT2D eigenvalue weighted by atomic mass is 16.5. The molecule has 0 bridgehead atoms. The zero-order chi connectivity index (χ0) is 12.8. The summed E-state index contributed by atoms with van der Waals surface area (Å²) in [6.45, 7) is 11.1. The molecule has 0 saturated carbocycles. The van der Waals surface area contributed by atoms with Crippen molar-refractivity contribution in [3.63, 3.8) is 0 Å². The average Bonchev–Trinajstić information content (AvgIpc) is 2.29. The van der Waals surface area contributed by atoms with Gasteiger partial charge in [-0.2, -0.15) is 0 Å². The molecule has 1 aromatic rings. The highest BCUT2D eigenvalue weighted by Gasteiger charge is 2.07. The minimum Gasteiger partial charge on any atom is -0.424 e. The second-order valence-electron chi connectivity index (χ2n) is 3.81. The van der Waals surface area contributed by atoms with Crippen LogP contribution in [0.1, 0.15) is 22.8 Å². The SMILES string of the molecule is C=C/C(C)=C\C(=C)OC(=O)c1ccc(C)cc1. The molecule has 0 radical (unpaired) electrons. The lowest BCUT2D eigenvalue weighted by atomic mass is 10.1. The molecular formula is C15H16O2. The van der Waals surface area contributed by atoms with E-state index < -0.39 is 5.97 Å². The fraction of sp³-hybridized carbons (Fsp3) is 0.133. The van der Waals surface area contributed by atoms with Crippen LogP contribution in [0.15, 0.2) is 60.9 Å². The first-order valence-corrected chi connectivity index (χ1v) is 5.31. The molecule has 1 aromatic carbocycles. The molecule has 0 aliphatic rings. The Hall–Kier alpha value is -2.09. The first kappa shape index (κ1) is 13.0. The van der Waals surface area contributed by atoms with Crippen LogP contribution in [0.2, 0.25) is 0 Å². The first-order valence-electron chi connectivity index (χ1n) is 5.31. The Morgan fingerprint density at radius 2 is 1.88 bits per heavy atom. The lowest BCUT2D eigenvalue weighted by molar-refractivity contribution is 0.0638. The van der Waals surface area contributed by atoms with Gasteiger partial charge in [-0.3, -0.25) is 0 Å². The van der Waals surface area contributed by atoms with Gasteiger partial charge in [0.1, 0.15) is 5.76 Å². The molecule has 0 fully saturated rings. The van der Waals surface area contributed by atoms with Gasteiger partial charge >= 0.3 is 5.97 Å². The van der Waals surface area contributed by atoms with E-state index in [1.165, 1.54) is 0 Å². The van der Waals surface area contributed by atoms with Gasteiger partial charge in [-0.25, -0.2) is 4.79 Å². The van der Waals surface area contributed by atoms with Crippen molar-refractivity contribution in [1.29, 1.82) is 0 Å². The van der Waals surface area contributed by atoms with Gasteiger partial charge < -0.3 is 4.74 Å². The fourth-order valence-electron chi connectivity index (χ4n) is 1.21. The number of carbonyl (C=O) groups excluding carboxylic acids is 1. The van der Waals surface area contributed by atoms with Gasteiger partial charge in [0.15, 0.2) is 0 Å². The number of allylic oxidation sites excluding steroid dienone is 3. The van der Waals surface area contributed by atoms with Crippen LogP contribution in [0.3, 0.4) is 0 Å². The monoisotopic (exact) mass is 228 g/mol. The molecule has 0 amide bonds. The summed E-state index contributed by atoms with van der Waals surface area (Å²) in [5.41, 5.74) is 2.51. The maximum absolute atomic E-state index is 11.7. The smallest absolute Gasteiger partial charge is 0.343 e. The summed E-state index contributed by atoms with van der Waals surface area (Å²) in [6, 6.07) is 7.19. The number of ether oxygens (including phenoxy) is 1. The summed E-state index contributed by atoms with van der Waals surface area (Å²) in [5.74, 6) is -0.0870. The normalized spacial score (nSPS) is 10.8. The maximum Gasteiger partial charge on any atom is 0.343 e. The molecule has 0 aliphatic heterocycles. The van der Waals surface area contributed by atoms with Crippen LogP contribution in [0.4, 0.5) is 0 Å². The van der Waals surface area contributed by atoms with Crippen molar-refractivity contribution in [3.8, 4) is 0 Å². The summed E-state index contributed by atoms with van der Waals surface area (Å²) < 4.78 is 5.09. The minimum atomic E-state index is -0.400. The second-order valence-corrected chi connectivity index (χ2v) is 3.81. The second kappa shape index (κ2) is 5.85. The molecular weight excluding hydrogens is 212 g/mol. The van der Waals surface area contributed by atoms with Crippen LogP contribution in [-0.4, -0.2) is 5.97 Å². The lowest BCUT2D eigenvalue weighted by Gasteiger charge is -2.04. The zero-order valence-corrected chi connectivity index (χ0v) is 10.2. The van der Waals surface area contributed by atoms with E-state index in [2.05, 4.69) is 13.2 Å². The lowest BCUT2D eigenvalue weighted by Crippen LogP contribution is -2.03. The van der Waals surface area contributed by atoms with Crippen LogP contribution >= 0.6 is 0 Å². The molecule has 2 nitrogen and oxygen atoms in total. The molecule has 0 unspecified atom stereocenters. The zero-order valence-electron chi connectivity index (χ0n) is 10.2. The Bertz CT molecular complexity index is 464. The molecule has 0 atom stereocenters. The molecule has 88 valence electrons. The minimum absolute atomic E-state index is 0.313. The van der Waals surface area contributed by atoms with Crippen molar-refractivity contribution >= 4 is 5.97 Å². The van der Waals surface area contributed by atoms with E-state index in [0.29, 0.717) is 11.3 Å².